The molecule has 74 heavy (non-hydrogen) atoms. The van der Waals surface area contributed by atoms with Gasteiger partial charge in [-0.25, -0.2) is 0 Å². The van der Waals surface area contributed by atoms with Crippen LogP contribution in [-0.4, -0.2) is 47.4 Å². The first-order valence-electron chi connectivity index (χ1n) is 33.9. The number of hydrogen-bond donors (Lipinski definition) is 3. The van der Waals surface area contributed by atoms with E-state index in [0.29, 0.717) is 25.9 Å². The number of ether oxygens (including phenoxy) is 1. The van der Waals surface area contributed by atoms with E-state index in [1.165, 1.54) is 308 Å². The minimum absolute atomic E-state index is 0.00203. The van der Waals surface area contributed by atoms with E-state index < -0.39 is 12.1 Å². The Labute approximate surface area is 463 Å². The maximum absolute atomic E-state index is 12.5. The topological polar surface area (TPSA) is 95.9 Å². The maximum atomic E-state index is 12.5. The van der Waals surface area contributed by atoms with E-state index in [9.17, 15) is 19.8 Å². The van der Waals surface area contributed by atoms with Gasteiger partial charge in [0.25, 0.3) is 0 Å². The van der Waals surface area contributed by atoms with Crippen molar-refractivity contribution in [3.05, 3.63) is 12.2 Å². The van der Waals surface area contributed by atoms with Crippen LogP contribution in [0.5, 0.6) is 0 Å². The Morgan fingerprint density at radius 2 is 0.649 bits per heavy atom. The van der Waals surface area contributed by atoms with Crippen molar-refractivity contribution in [3.8, 4) is 0 Å². The first-order valence-corrected chi connectivity index (χ1v) is 33.9. The molecule has 0 fully saturated rings. The summed E-state index contributed by atoms with van der Waals surface area (Å²) < 4.78 is 5.46. The zero-order valence-electron chi connectivity index (χ0n) is 50.4. The van der Waals surface area contributed by atoms with Gasteiger partial charge in [-0.1, -0.05) is 341 Å². The Morgan fingerprint density at radius 3 is 1.00 bits per heavy atom. The molecular weight excluding hydrogens is 911 g/mol. The normalized spacial score (nSPS) is 12.5. The highest BCUT2D eigenvalue weighted by molar-refractivity contribution is 5.76. The summed E-state index contributed by atoms with van der Waals surface area (Å²) in [7, 11) is 0. The van der Waals surface area contributed by atoms with Crippen LogP contribution in [0.2, 0.25) is 0 Å². The van der Waals surface area contributed by atoms with Crippen LogP contribution < -0.4 is 5.32 Å². The molecule has 0 aromatic heterocycles. The van der Waals surface area contributed by atoms with Gasteiger partial charge in [0.2, 0.25) is 5.91 Å². The van der Waals surface area contributed by atoms with Crippen molar-refractivity contribution in [1.82, 2.24) is 5.32 Å². The van der Waals surface area contributed by atoms with Crippen LogP contribution in [0, 0.1) is 0 Å². The predicted octanol–water partition coefficient (Wildman–Crippen LogP) is 21.6. The van der Waals surface area contributed by atoms with Crippen LogP contribution in [0.15, 0.2) is 12.2 Å². The average molecular weight is 1040 g/mol. The molecule has 0 bridgehead atoms. The number of esters is 1. The van der Waals surface area contributed by atoms with Crippen molar-refractivity contribution < 1.29 is 24.5 Å². The van der Waals surface area contributed by atoms with Crippen LogP contribution >= 0.6 is 0 Å². The monoisotopic (exact) mass is 1040 g/mol. The average Bonchev–Trinajstić information content (AvgIpc) is 3.40. The van der Waals surface area contributed by atoms with Gasteiger partial charge in [0.1, 0.15) is 0 Å². The van der Waals surface area contributed by atoms with Crippen molar-refractivity contribution >= 4 is 11.9 Å². The van der Waals surface area contributed by atoms with Crippen molar-refractivity contribution in [2.45, 2.75) is 398 Å². The molecule has 6 nitrogen and oxygen atoms in total. The van der Waals surface area contributed by atoms with Crippen LogP contribution in [0.25, 0.3) is 0 Å². The molecule has 0 rings (SSSR count). The van der Waals surface area contributed by atoms with Gasteiger partial charge in [0.05, 0.1) is 25.4 Å². The third kappa shape index (κ3) is 59.8. The number of nitrogens with one attached hydrogen (secondary N) is 1. The van der Waals surface area contributed by atoms with Gasteiger partial charge in [-0.2, -0.15) is 0 Å². The quantitative estimate of drug-likeness (QED) is 0.0320. The summed E-state index contributed by atoms with van der Waals surface area (Å²) >= 11 is 0. The number of unbranched alkanes of at least 4 members (excludes halogenated alkanes) is 51. The molecule has 440 valence electrons. The molecule has 0 heterocycles. The van der Waals surface area contributed by atoms with Gasteiger partial charge >= 0.3 is 5.97 Å². The van der Waals surface area contributed by atoms with E-state index in [1.807, 2.05) is 0 Å². The van der Waals surface area contributed by atoms with Gasteiger partial charge in [0.15, 0.2) is 0 Å². The molecule has 0 aromatic rings. The summed E-state index contributed by atoms with van der Waals surface area (Å²) in [4.78, 5) is 24.5. The lowest BCUT2D eigenvalue weighted by molar-refractivity contribution is -0.143. The lowest BCUT2D eigenvalue weighted by Crippen LogP contribution is -2.45. The second-order valence-electron chi connectivity index (χ2n) is 23.5. The Bertz CT molecular complexity index is 1110. The molecule has 0 aliphatic heterocycles. The van der Waals surface area contributed by atoms with Crippen molar-refractivity contribution in [3.63, 3.8) is 0 Å². The predicted molar refractivity (Wildman–Crippen MR) is 324 cm³/mol. The zero-order valence-corrected chi connectivity index (χ0v) is 50.4. The summed E-state index contributed by atoms with van der Waals surface area (Å²) in [5.41, 5.74) is 0. The Hall–Kier alpha value is -1.40. The lowest BCUT2D eigenvalue weighted by atomic mass is 10.0. The molecular formula is C68H133NO5. The minimum Gasteiger partial charge on any atom is -0.466 e. The number of carbonyl (C=O) groups is 2. The minimum atomic E-state index is -0.666. The Morgan fingerprint density at radius 1 is 0.365 bits per heavy atom. The summed E-state index contributed by atoms with van der Waals surface area (Å²) in [6.45, 7) is 4.95. The Balaban J connectivity index is 3.39. The molecule has 2 atom stereocenters. The summed E-state index contributed by atoms with van der Waals surface area (Å²) in [6.07, 6.45) is 78.2. The van der Waals surface area contributed by atoms with Gasteiger partial charge in [-0.15, -0.1) is 0 Å². The fraction of sp³-hybridized carbons (Fsp3) is 0.941. The number of amides is 1. The van der Waals surface area contributed by atoms with E-state index in [1.54, 1.807) is 0 Å². The summed E-state index contributed by atoms with van der Waals surface area (Å²) in [6, 6.07) is -0.543. The molecule has 0 aromatic carbocycles. The van der Waals surface area contributed by atoms with E-state index in [-0.39, 0.29) is 18.5 Å². The number of hydrogen-bond acceptors (Lipinski definition) is 5. The molecule has 1 amide bonds. The van der Waals surface area contributed by atoms with Crippen molar-refractivity contribution in [2.75, 3.05) is 13.2 Å². The molecule has 0 saturated carbocycles. The fourth-order valence-electron chi connectivity index (χ4n) is 10.9. The largest absolute Gasteiger partial charge is 0.466 e. The van der Waals surface area contributed by atoms with E-state index in [2.05, 4.69) is 31.3 Å². The first-order chi connectivity index (χ1) is 36.5. The smallest absolute Gasteiger partial charge is 0.305 e. The molecule has 0 spiro atoms. The first kappa shape index (κ1) is 72.6. The Kier molecular flexibility index (Phi) is 62.9. The number of aliphatic hydroxyl groups is 2. The lowest BCUT2D eigenvalue weighted by Gasteiger charge is -2.22. The number of allylic oxidation sites excluding steroid dienone is 2. The van der Waals surface area contributed by atoms with Gasteiger partial charge in [0, 0.05) is 12.8 Å². The summed E-state index contributed by atoms with van der Waals surface area (Å²) in [5.74, 6) is -0.0289. The molecule has 3 N–H and O–H groups in total. The second-order valence-corrected chi connectivity index (χ2v) is 23.5. The highest BCUT2D eigenvalue weighted by Gasteiger charge is 2.20. The van der Waals surface area contributed by atoms with Crippen LogP contribution in [0.3, 0.4) is 0 Å². The van der Waals surface area contributed by atoms with E-state index >= 15 is 0 Å². The third-order valence-electron chi connectivity index (χ3n) is 16.1. The van der Waals surface area contributed by atoms with Gasteiger partial charge in [-0.05, 0) is 44.9 Å². The molecule has 0 radical (unpaired) electrons. The van der Waals surface area contributed by atoms with Crippen LogP contribution in [0.4, 0.5) is 0 Å². The SMILES string of the molecule is CCCC/C=C\CCCCCCCC(=O)OCCCCCCCCCCCCCCCCCCCCCCCC(=O)NC(CO)C(O)CCCCCCCCCCCCCCCCCCCCCCCCCCC. The van der Waals surface area contributed by atoms with Gasteiger partial charge < -0.3 is 20.3 Å². The molecule has 0 aliphatic rings. The second kappa shape index (κ2) is 64.1. The van der Waals surface area contributed by atoms with Crippen LogP contribution in [0.1, 0.15) is 386 Å². The molecule has 6 heteroatoms. The van der Waals surface area contributed by atoms with Gasteiger partial charge in [-0.3, -0.25) is 9.59 Å². The number of rotatable bonds is 64. The fourth-order valence-corrected chi connectivity index (χ4v) is 10.9. The standard InChI is InChI=1S/C68H133NO5/c1-3-5-7-9-11-13-15-16-17-18-19-20-21-22-23-25-28-31-34-37-41-44-48-52-56-60-66(71)65(64-70)69-67(72)61-57-53-49-45-42-38-35-32-29-26-24-27-30-33-36-39-43-47-51-55-59-63-74-68(73)62-58-54-50-46-40-14-12-10-8-6-4-2/h10,12,65-66,70-71H,3-9,11,13-64H2,1-2H3,(H,69,72)/b12-10-. The maximum Gasteiger partial charge on any atom is 0.305 e. The number of aliphatic hydroxyl groups excluding tert-OH is 2. The molecule has 0 saturated heterocycles. The highest BCUT2D eigenvalue weighted by atomic mass is 16.5. The summed E-state index contributed by atoms with van der Waals surface area (Å²) in [5, 5.41) is 23.4. The third-order valence-corrected chi connectivity index (χ3v) is 16.1. The molecule has 0 aliphatic carbocycles. The molecule has 2 unspecified atom stereocenters. The number of carbonyl (C=O) groups excluding carboxylic acids is 2. The van der Waals surface area contributed by atoms with Crippen molar-refractivity contribution in [2.24, 2.45) is 0 Å². The zero-order chi connectivity index (χ0) is 53.6. The van der Waals surface area contributed by atoms with E-state index in [0.717, 1.165) is 44.9 Å². The van der Waals surface area contributed by atoms with Crippen LogP contribution in [-0.2, 0) is 14.3 Å². The van der Waals surface area contributed by atoms with E-state index in [4.69, 9.17) is 4.74 Å². The van der Waals surface area contributed by atoms with Crippen molar-refractivity contribution in [1.29, 1.82) is 0 Å². The highest BCUT2D eigenvalue weighted by Crippen LogP contribution is 2.19.